The van der Waals surface area contributed by atoms with Crippen LogP contribution in [0, 0.1) is 6.92 Å². The molecular formula is C26H32N6O3S. The molecule has 0 atom stereocenters. The van der Waals surface area contributed by atoms with Crippen LogP contribution in [0.2, 0.25) is 0 Å². The Bertz CT molecular complexity index is 1390. The first-order valence-corrected chi connectivity index (χ1v) is 13.4. The van der Waals surface area contributed by atoms with Crippen molar-refractivity contribution in [1.29, 1.82) is 0 Å². The van der Waals surface area contributed by atoms with Crippen LogP contribution >= 0.6 is 0 Å². The first-order chi connectivity index (χ1) is 17.2. The molecule has 0 aliphatic carbocycles. The van der Waals surface area contributed by atoms with Gasteiger partial charge in [-0.1, -0.05) is 12.1 Å². The van der Waals surface area contributed by atoms with Crippen LogP contribution in [-0.4, -0.2) is 60.8 Å². The second kappa shape index (κ2) is 10.6. The molecule has 1 aromatic carbocycles. The molecule has 190 valence electrons. The predicted octanol–water partition coefficient (Wildman–Crippen LogP) is 4.58. The summed E-state index contributed by atoms with van der Waals surface area (Å²) >= 11 is 0. The number of sulfone groups is 1. The molecule has 0 fully saturated rings. The molecule has 0 spiro atoms. The van der Waals surface area contributed by atoms with Crippen LogP contribution in [0.15, 0.2) is 53.8 Å². The van der Waals surface area contributed by atoms with Crippen molar-refractivity contribution in [2.24, 2.45) is 0 Å². The Morgan fingerprint density at radius 3 is 2.61 bits per heavy atom. The molecule has 0 saturated heterocycles. The number of nitrogens with zero attached hydrogens (tertiary/aromatic N) is 4. The monoisotopic (exact) mass is 508 g/mol. The zero-order valence-corrected chi connectivity index (χ0v) is 22.1. The van der Waals surface area contributed by atoms with E-state index in [9.17, 15) is 8.42 Å². The summed E-state index contributed by atoms with van der Waals surface area (Å²) in [7, 11) is 0.168. The summed E-state index contributed by atoms with van der Waals surface area (Å²) in [5, 5.41) is 5.76. The van der Waals surface area contributed by atoms with E-state index in [1.54, 1.807) is 39.3 Å². The van der Waals surface area contributed by atoms with Crippen molar-refractivity contribution in [3.8, 4) is 5.75 Å². The summed E-state index contributed by atoms with van der Waals surface area (Å²) in [6, 6.07) is 9.40. The second-order valence-electron chi connectivity index (χ2n) is 9.08. The van der Waals surface area contributed by atoms with E-state index in [4.69, 9.17) is 4.74 Å². The van der Waals surface area contributed by atoms with E-state index in [-0.39, 0.29) is 5.03 Å². The highest BCUT2D eigenvalue weighted by Crippen LogP contribution is 2.33. The Kier molecular flexibility index (Phi) is 7.56. The van der Waals surface area contributed by atoms with E-state index in [0.29, 0.717) is 23.2 Å². The molecule has 2 N–H and O–H groups in total. The molecule has 4 rings (SSSR count). The maximum Gasteiger partial charge on any atom is 0.229 e. The summed E-state index contributed by atoms with van der Waals surface area (Å²) in [4.78, 5) is 15.4. The van der Waals surface area contributed by atoms with Gasteiger partial charge < -0.3 is 20.3 Å². The standard InChI is InChI=1S/C26H32N6O3S/c1-17(2)36(33,34)25-22(7-6-12-27-25)29-24-18(3)16-28-26(31-24)30-21-9-8-20(15-23(21)35-5)19-10-13-32(4)14-11-19/h6-10,12,15-17H,11,13-14H2,1-5H3,(H2,28,29,30,31). The highest BCUT2D eigenvalue weighted by Gasteiger charge is 2.24. The molecule has 0 bridgehead atoms. The Balaban J connectivity index is 1.60. The van der Waals surface area contributed by atoms with Gasteiger partial charge in [0.1, 0.15) is 11.6 Å². The van der Waals surface area contributed by atoms with Crippen LogP contribution in [0.4, 0.5) is 23.1 Å². The minimum absolute atomic E-state index is 0.00649. The number of nitrogens with one attached hydrogen (secondary N) is 2. The number of ether oxygens (including phenoxy) is 1. The SMILES string of the molecule is COc1cc(C2=CCN(C)CC2)ccc1Nc1ncc(C)c(Nc2cccnc2S(=O)(=O)C(C)C)n1. The van der Waals surface area contributed by atoms with Crippen molar-refractivity contribution in [1.82, 2.24) is 19.9 Å². The summed E-state index contributed by atoms with van der Waals surface area (Å²) < 4.78 is 31.2. The molecule has 0 saturated carbocycles. The Morgan fingerprint density at radius 1 is 1.11 bits per heavy atom. The largest absolute Gasteiger partial charge is 0.495 e. The van der Waals surface area contributed by atoms with Crippen LogP contribution in [-0.2, 0) is 9.84 Å². The summed E-state index contributed by atoms with van der Waals surface area (Å²) in [6.45, 7) is 7.07. The van der Waals surface area contributed by atoms with Gasteiger partial charge in [-0.2, -0.15) is 4.98 Å². The van der Waals surface area contributed by atoms with E-state index in [1.165, 1.54) is 11.8 Å². The number of hydrogen-bond acceptors (Lipinski definition) is 9. The molecule has 3 aromatic rings. The molecule has 9 nitrogen and oxygen atoms in total. The van der Waals surface area contributed by atoms with Crippen molar-refractivity contribution in [2.45, 2.75) is 37.5 Å². The van der Waals surface area contributed by atoms with Crippen molar-refractivity contribution < 1.29 is 13.2 Å². The van der Waals surface area contributed by atoms with Crippen LogP contribution in [0.5, 0.6) is 5.75 Å². The molecule has 0 amide bonds. The van der Waals surface area contributed by atoms with Crippen molar-refractivity contribution in [3.63, 3.8) is 0 Å². The number of methoxy groups -OCH3 is 1. The quantitative estimate of drug-likeness (QED) is 0.452. The number of pyridine rings is 1. The maximum absolute atomic E-state index is 12.8. The lowest BCUT2D eigenvalue weighted by molar-refractivity contribution is 0.370. The zero-order chi connectivity index (χ0) is 25.9. The van der Waals surface area contributed by atoms with Gasteiger partial charge in [0.15, 0.2) is 14.9 Å². The fourth-order valence-electron chi connectivity index (χ4n) is 3.84. The van der Waals surface area contributed by atoms with Crippen LogP contribution in [0.25, 0.3) is 5.57 Å². The first kappa shape index (κ1) is 25.6. The van der Waals surface area contributed by atoms with Crippen molar-refractivity contribution in [2.75, 3.05) is 37.9 Å². The predicted molar refractivity (Wildman–Crippen MR) is 143 cm³/mol. The lowest BCUT2D eigenvalue weighted by Gasteiger charge is -2.22. The van der Waals surface area contributed by atoms with E-state index in [1.807, 2.05) is 19.1 Å². The van der Waals surface area contributed by atoms with Crippen LogP contribution in [0.1, 0.15) is 31.4 Å². The molecule has 2 aromatic heterocycles. The van der Waals surface area contributed by atoms with E-state index in [0.717, 1.165) is 36.3 Å². The minimum atomic E-state index is -3.58. The normalized spacial score (nSPS) is 14.4. The van der Waals surface area contributed by atoms with Gasteiger partial charge in [-0.25, -0.2) is 18.4 Å². The average molecular weight is 509 g/mol. The van der Waals surface area contributed by atoms with Gasteiger partial charge in [0.25, 0.3) is 0 Å². The average Bonchev–Trinajstić information content (AvgIpc) is 2.87. The highest BCUT2D eigenvalue weighted by molar-refractivity contribution is 7.92. The van der Waals surface area contributed by atoms with Crippen molar-refractivity contribution in [3.05, 3.63) is 59.9 Å². The minimum Gasteiger partial charge on any atom is -0.495 e. The Morgan fingerprint density at radius 2 is 1.92 bits per heavy atom. The van der Waals surface area contributed by atoms with Gasteiger partial charge in [0.05, 0.1) is 23.7 Å². The lowest BCUT2D eigenvalue weighted by atomic mass is 9.99. The third-order valence-electron chi connectivity index (χ3n) is 6.12. The summed E-state index contributed by atoms with van der Waals surface area (Å²) in [5.41, 5.74) is 4.29. The number of benzene rings is 1. The number of hydrogen-bond donors (Lipinski definition) is 2. The number of aryl methyl sites for hydroxylation is 1. The molecule has 3 heterocycles. The Hall–Kier alpha value is -3.50. The fourth-order valence-corrected chi connectivity index (χ4v) is 4.92. The first-order valence-electron chi connectivity index (χ1n) is 11.8. The number of likely N-dealkylation sites (N-methyl/N-ethyl adjacent to an activating group) is 1. The third kappa shape index (κ3) is 5.50. The Labute approximate surface area is 212 Å². The van der Waals surface area contributed by atoms with Gasteiger partial charge in [0, 0.05) is 31.0 Å². The summed E-state index contributed by atoms with van der Waals surface area (Å²) in [6.07, 6.45) is 6.39. The molecule has 0 radical (unpaired) electrons. The van der Waals surface area contributed by atoms with E-state index < -0.39 is 15.1 Å². The third-order valence-corrected chi connectivity index (χ3v) is 8.22. The van der Waals surface area contributed by atoms with Gasteiger partial charge >= 0.3 is 0 Å². The maximum atomic E-state index is 12.8. The lowest BCUT2D eigenvalue weighted by Crippen LogP contribution is -2.23. The highest BCUT2D eigenvalue weighted by atomic mass is 32.2. The smallest absolute Gasteiger partial charge is 0.229 e. The van der Waals surface area contributed by atoms with Gasteiger partial charge in [0.2, 0.25) is 5.95 Å². The molecule has 0 unspecified atom stereocenters. The fraction of sp³-hybridized carbons (Fsp3) is 0.346. The van der Waals surface area contributed by atoms with Gasteiger partial charge in [-0.15, -0.1) is 0 Å². The molecule has 36 heavy (non-hydrogen) atoms. The topological polar surface area (TPSA) is 109 Å². The molecular weight excluding hydrogens is 476 g/mol. The van der Waals surface area contributed by atoms with Crippen LogP contribution < -0.4 is 15.4 Å². The molecule has 1 aliphatic heterocycles. The van der Waals surface area contributed by atoms with E-state index >= 15 is 0 Å². The summed E-state index contributed by atoms with van der Waals surface area (Å²) in [5.74, 6) is 1.51. The van der Waals surface area contributed by atoms with Gasteiger partial charge in [-0.3, -0.25) is 0 Å². The second-order valence-corrected chi connectivity index (χ2v) is 11.5. The van der Waals surface area contributed by atoms with E-state index in [2.05, 4.69) is 49.7 Å². The number of rotatable bonds is 8. The zero-order valence-electron chi connectivity index (χ0n) is 21.2. The van der Waals surface area contributed by atoms with Gasteiger partial charge in [-0.05, 0) is 69.6 Å². The van der Waals surface area contributed by atoms with Crippen molar-refractivity contribution >= 4 is 38.6 Å². The number of anilines is 4. The molecule has 10 heteroatoms. The molecule has 1 aliphatic rings. The van der Waals surface area contributed by atoms with Crippen LogP contribution in [0.3, 0.4) is 0 Å². The number of aromatic nitrogens is 3.